The molecule has 0 heterocycles. The van der Waals surface area contributed by atoms with Crippen LogP contribution in [-0.2, 0) is 28.6 Å². The molecule has 1 atom stereocenters. The molecule has 0 aliphatic carbocycles. The molecule has 0 aromatic carbocycles. The van der Waals surface area contributed by atoms with Crippen molar-refractivity contribution in [1.82, 2.24) is 0 Å². The van der Waals surface area contributed by atoms with Crippen molar-refractivity contribution >= 4 is 17.9 Å². The Bertz CT molecular complexity index is 874. The molecule has 0 aromatic rings. The van der Waals surface area contributed by atoms with Gasteiger partial charge in [0.25, 0.3) is 0 Å². The lowest BCUT2D eigenvalue weighted by molar-refractivity contribution is -0.167. The van der Waals surface area contributed by atoms with Crippen LogP contribution in [0.3, 0.4) is 0 Å². The largest absolute Gasteiger partial charge is 0.462 e. The Morgan fingerprint density at radius 1 is 0.271 bits per heavy atom. The maximum atomic E-state index is 12.8. The second-order valence-corrected chi connectivity index (χ2v) is 18.2. The van der Waals surface area contributed by atoms with Crippen LogP contribution in [0.25, 0.3) is 0 Å². The summed E-state index contributed by atoms with van der Waals surface area (Å²) in [6, 6.07) is 0. The van der Waals surface area contributed by atoms with Gasteiger partial charge < -0.3 is 14.2 Å². The quantitative estimate of drug-likeness (QED) is 0.0345. The second-order valence-electron chi connectivity index (χ2n) is 18.2. The Hall–Kier alpha value is -1.59. The van der Waals surface area contributed by atoms with Crippen LogP contribution in [0.4, 0.5) is 0 Å². The van der Waals surface area contributed by atoms with E-state index in [0.717, 1.165) is 57.8 Å². The van der Waals surface area contributed by atoms with Crippen LogP contribution in [-0.4, -0.2) is 37.2 Å². The van der Waals surface area contributed by atoms with E-state index in [0.29, 0.717) is 19.3 Å². The van der Waals surface area contributed by atoms with E-state index in [2.05, 4.69) is 20.8 Å². The molecule has 0 aliphatic rings. The lowest BCUT2D eigenvalue weighted by Gasteiger charge is -2.18. The lowest BCUT2D eigenvalue weighted by atomic mass is 10.0. The third-order valence-electron chi connectivity index (χ3n) is 12.1. The number of carbonyl (C=O) groups excluding carboxylic acids is 3. The summed E-state index contributed by atoms with van der Waals surface area (Å²) >= 11 is 0. The molecular formula is C53H102O6. The highest BCUT2D eigenvalue weighted by molar-refractivity contribution is 5.71. The minimum atomic E-state index is -0.759. The van der Waals surface area contributed by atoms with Gasteiger partial charge in [0, 0.05) is 19.3 Å². The Labute approximate surface area is 368 Å². The maximum absolute atomic E-state index is 12.8. The van der Waals surface area contributed by atoms with Gasteiger partial charge in [-0.2, -0.15) is 0 Å². The van der Waals surface area contributed by atoms with Gasteiger partial charge in [-0.15, -0.1) is 0 Å². The van der Waals surface area contributed by atoms with Crippen LogP contribution in [0.15, 0.2) is 0 Å². The normalized spacial score (nSPS) is 11.8. The molecule has 0 rings (SSSR count). The van der Waals surface area contributed by atoms with Crippen molar-refractivity contribution in [3.63, 3.8) is 0 Å². The first kappa shape index (κ1) is 57.4. The first-order valence-corrected chi connectivity index (χ1v) is 26.5. The van der Waals surface area contributed by atoms with Crippen molar-refractivity contribution in [2.24, 2.45) is 0 Å². The zero-order valence-electron chi connectivity index (χ0n) is 40.1. The Morgan fingerprint density at radius 3 is 0.678 bits per heavy atom. The van der Waals surface area contributed by atoms with Gasteiger partial charge in [-0.1, -0.05) is 265 Å². The van der Waals surface area contributed by atoms with E-state index in [1.165, 1.54) is 205 Å². The number of esters is 3. The van der Waals surface area contributed by atoms with Crippen molar-refractivity contribution in [1.29, 1.82) is 0 Å². The van der Waals surface area contributed by atoms with Gasteiger partial charge >= 0.3 is 17.9 Å². The molecule has 59 heavy (non-hydrogen) atoms. The highest BCUT2D eigenvalue weighted by Crippen LogP contribution is 2.17. The van der Waals surface area contributed by atoms with Crippen molar-refractivity contribution in [3.05, 3.63) is 0 Å². The molecule has 0 aliphatic heterocycles. The summed E-state index contributed by atoms with van der Waals surface area (Å²) in [5, 5.41) is 0. The van der Waals surface area contributed by atoms with Crippen LogP contribution in [0, 0.1) is 0 Å². The second kappa shape index (κ2) is 49.1. The monoisotopic (exact) mass is 835 g/mol. The van der Waals surface area contributed by atoms with Gasteiger partial charge in [0.15, 0.2) is 6.10 Å². The molecule has 0 N–H and O–H groups in total. The van der Waals surface area contributed by atoms with Crippen LogP contribution >= 0.6 is 0 Å². The molecule has 0 aromatic heterocycles. The number of carbonyl (C=O) groups is 3. The standard InChI is InChI=1S/C53H102O6/c1-4-7-10-13-16-19-22-25-27-29-32-35-38-41-44-47-53(56)59-50(48-57-51(54)45-42-39-36-33-30-24-21-18-15-12-9-6-3)49-58-52(55)46-43-40-37-34-31-28-26-23-20-17-14-11-8-5-2/h50H,4-49H2,1-3H3/t50-/m1/s1. The van der Waals surface area contributed by atoms with E-state index in [9.17, 15) is 14.4 Å². The summed E-state index contributed by atoms with van der Waals surface area (Å²) < 4.78 is 16.8. The highest BCUT2D eigenvalue weighted by atomic mass is 16.6. The minimum Gasteiger partial charge on any atom is -0.462 e. The number of ether oxygens (including phenoxy) is 3. The van der Waals surface area contributed by atoms with Crippen molar-refractivity contribution in [2.75, 3.05) is 13.2 Å². The number of rotatable bonds is 49. The molecular weight excluding hydrogens is 733 g/mol. The fourth-order valence-electron chi connectivity index (χ4n) is 8.09. The molecule has 6 nitrogen and oxygen atoms in total. The zero-order valence-corrected chi connectivity index (χ0v) is 40.1. The zero-order chi connectivity index (χ0) is 43.0. The predicted octanol–water partition coefficient (Wildman–Crippen LogP) is 17.2. The fraction of sp³-hybridized carbons (Fsp3) is 0.943. The average molecular weight is 835 g/mol. The Morgan fingerprint density at radius 2 is 0.458 bits per heavy atom. The Kier molecular flexibility index (Phi) is 47.7. The minimum absolute atomic E-state index is 0.0616. The summed E-state index contributed by atoms with van der Waals surface area (Å²) in [5.41, 5.74) is 0. The van der Waals surface area contributed by atoms with Gasteiger partial charge in [0.1, 0.15) is 13.2 Å². The van der Waals surface area contributed by atoms with E-state index < -0.39 is 6.10 Å². The SMILES string of the molecule is CCCCCCCCCCCCCCCCCC(=O)O[C@H](COC(=O)CCCCCCCCCCCCCC)COC(=O)CCCCCCCCCCCCCCCC. The summed E-state index contributed by atoms with van der Waals surface area (Å²) in [7, 11) is 0. The van der Waals surface area contributed by atoms with E-state index in [4.69, 9.17) is 14.2 Å². The molecule has 0 saturated carbocycles. The van der Waals surface area contributed by atoms with Gasteiger partial charge in [0.05, 0.1) is 0 Å². The summed E-state index contributed by atoms with van der Waals surface area (Å²) in [6.07, 6.45) is 52.2. The third kappa shape index (κ3) is 47.3. The third-order valence-corrected chi connectivity index (χ3v) is 12.1. The molecule has 0 radical (unpaired) electrons. The molecule has 0 amide bonds. The van der Waals surface area contributed by atoms with Crippen molar-refractivity contribution in [3.8, 4) is 0 Å². The molecule has 0 bridgehead atoms. The summed E-state index contributed by atoms with van der Waals surface area (Å²) in [5.74, 6) is -0.839. The van der Waals surface area contributed by atoms with Crippen molar-refractivity contribution in [2.45, 2.75) is 309 Å². The van der Waals surface area contributed by atoms with Gasteiger partial charge in [-0.05, 0) is 19.3 Å². The molecule has 0 saturated heterocycles. The maximum Gasteiger partial charge on any atom is 0.306 e. The average Bonchev–Trinajstić information content (AvgIpc) is 3.23. The van der Waals surface area contributed by atoms with Gasteiger partial charge in [-0.25, -0.2) is 0 Å². The number of unbranched alkanes of at least 4 members (excludes halogenated alkanes) is 38. The van der Waals surface area contributed by atoms with Crippen LogP contribution in [0.2, 0.25) is 0 Å². The van der Waals surface area contributed by atoms with Gasteiger partial charge in [-0.3, -0.25) is 14.4 Å². The molecule has 350 valence electrons. The van der Waals surface area contributed by atoms with Gasteiger partial charge in [0.2, 0.25) is 0 Å². The van der Waals surface area contributed by atoms with Crippen molar-refractivity contribution < 1.29 is 28.6 Å². The fourth-order valence-corrected chi connectivity index (χ4v) is 8.09. The van der Waals surface area contributed by atoms with Crippen LogP contribution < -0.4 is 0 Å². The first-order chi connectivity index (χ1) is 29.0. The van der Waals surface area contributed by atoms with E-state index >= 15 is 0 Å². The lowest BCUT2D eigenvalue weighted by Crippen LogP contribution is -2.30. The Balaban J connectivity index is 4.30. The molecule has 0 unspecified atom stereocenters. The smallest absolute Gasteiger partial charge is 0.306 e. The molecule has 6 heteroatoms. The predicted molar refractivity (Wildman–Crippen MR) is 252 cm³/mol. The molecule has 0 fully saturated rings. The van der Waals surface area contributed by atoms with E-state index in [1.807, 2.05) is 0 Å². The topological polar surface area (TPSA) is 78.9 Å². The summed E-state index contributed by atoms with van der Waals surface area (Å²) in [6.45, 7) is 6.68. The number of hydrogen-bond acceptors (Lipinski definition) is 6. The van der Waals surface area contributed by atoms with E-state index in [1.54, 1.807) is 0 Å². The summed E-state index contributed by atoms with van der Waals surface area (Å²) in [4.78, 5) is 37.9. The number of hydrogen-bond donors (Lipinski definition) is 0. The van der Waals surface area contributed by atoms with Crippen LogP contribution in [0.1, 0.15) is 303 Å². The first-order valence-electron chi connectivity index (χ1n) is 26.5. The highest BCUT2D eigenvalue weighted by Gasteiger charge is 2.19. The van der Waals surface area contributed by atoms with Crippen LogP contribution in [0.5, 0.6) is 0 Å². The molecule has 0 spiro atoms. The van der Waals surface area contributed by atoms with E-state index in [-0.39, 0.29) is 31.1 Å².